The van der Waals surface area contributed by atoms with Gasteiger partial charge >= 0.3 is 0 Å². The maximum atomic E-state index is 12.3. The van der Waals surface area contributed by atoms with Crippen LogP contribution in [0.4, 0.5) is 5.69 Å². The number of carbonyl (C=O) groups is 2. The molecule has 0 fully saturated rings. The van der Waals surface area contributed by atoms with Gasteiger partial charge < -0.3 is 10.1 Å². The second kappa shape index (κ2) is 6.89. The second-order valence-electron chi connectivity index (χ2n) is 5.23. The van der Waals surface area contributed by atoms with Gasteiger partial charge in [-0.05, 0) is 44.5 Å². The number of amides is 1. The van der Waals surface area contributed by atoms with E-state index in [9.17, 15) is 9.59 Å². The average molecular weight is 297 g/mol. The van der Waals surface area contributed by atoms with Gasteiger partial charge in [-0.3, -0.25) is 9.59 Å². The zero-order chi connectivity index (χ0) is 16.1. The summed E-state index contributed by atoms with van der Waals surface area (Å²) in [5, 5.41) is 2.69. The van der Waals surface area contributed by atoms with E-state index in [2.05, 4.69) is 5.32 Å². The minimum atomic E-state index is -1.17. The number of benzene rings is 2. The van der Waals surface area contributed by atoms with Crippen molar-refractivity contribution in [3.63, 3.8) is 0 Å². The number of anilines is 1. The maximum Gasteiger partial charge on any atom is 0.273 e. The molecule has 0 bridgehead atoms. The maximum absolute atomic E-state index is 12.3. The lowest BCUT2D eigenvalue weighted by atomic mass is 10.1. The molecule has 1 atom stereocenters. The van der Waals surface area contributed by atoms with Gasteiger partial charge in [0.05, 0.1) is 0 Å². The highest BCUT2D eigenvalue weighted by Crippen LogP contribution is 2.21. The smallest absolute Gasteiger partial charge is 0.273 e. The van der Waals surface area contributed by atoms with E-state index < -0.39 is 12.0 Å². The number of rotatable bonds is 5. The molecule has 2 aromatic carbocycles. The molecule has 1 N–H and O–H groups in total. The molecule has 4 nitrogen and oxygen atoms in total. The fourth-order valence-corrected chi connectivity index (χ4v) is 2.11. The van der Waals surface area contributed by atoms with Crippen molar-refractivity contribution in [2.24, 2.45) is 0 Å². The molecule has 1 amide bonds. The minimum Gasteiger partial charge on any atom is -0.472 e. The molecule has 22 heavy (non-hydrogen) atoms. The molecule has 0 aromatic heterocycles. The van der Waals surface area contributed by atoms with Crippen molar-refractivity contribution in [1.29, 1.82) is 0 Å². The minimum absolute atomic E-state index is 0.339. The van der Waals surface area contributed by atoms with Gasteiger partial charge in [0, 0.05) is 5.69 Å². The van der Waals surface area contributed by atoms with Crippen molar-refractivity contribution >= 4 is 17.4 Å². The van der Waals surface area contributed by atoms with E-state index in [-0.39, 0.29) is 5.78 Å². The highest BCUT2D eigenvalue weighted by Gasteiger charge is 2.26. The zero-order valence-corrected chi connectivity index (χ0v) is 12.9. The van der Waals surface area contributed by atoms with Gasteiger partial charge in [0.1, 0.15) is 5.75 Å². The predicted octanol–water partition coefficient (Wildman–Crippen LogP) is 3.28. The van der Waals surface area contributed by atoms with Crippen LogP contribution in [0.25, 0.3) is 0 Å². The molecule has 0 spiro atoms. The van der Waals surface area contributed by atoms with E-state index in [1.54, 1.807) is 18.2 Å². The Balaban J connectivity index is 2.16. The Morgan fingerprint density at radius 2 is 1.73 bits per heavy atom. The Bertz CT molecular complexity index is 680. The van der Waals surface area contributed by atoms with Crippen LogP contribution in [0, 0.1) is 13.8 Å². The number of hydrogen-bond acceptors (Lipinski definition) is 3. The summed E-state index contributed by atoms with van der Waals surface area (Å²) in [4.78, 5) is 24.1. The van der Waals surface area contributed by atoms with Crippen LogP contribution in [-0.2, 0) is 9.59 Å². The predicted molar refractivity (Wildman–Crippen MR) is 86.1 cm³/mol. The van der Waals surface area contributed by atoms with Crippen LogP contribution in [-0.4, -0.2) is 17.8 Å². The molecule has 0 aliphatic heterocycles. The van der Waals surface area contributed by atoms with Gasteiger partial charge in [0.2, 0.25) is 6.10 Å². The Labute approximate surface area is 130 Å². The first-order chi connectivity index (χ1) is 10.5. The van der Waals surface area contributed by atoms with Gasteiger partial charge in [-0.2, -0.15) is 0 Å². The standard InChI is InChI=1S/C18H19NO3/c1-12-9-10-16(13(2)11-12)22-17(14(3)20)18(21)19-15-7-5-4-6-8-15/h4-11,17H,1-3H3,(H,19,21). The molecule has 4 heteroatoms. The van der Waals surface area contributed by atoms with Gasteiger partial charge in [-0.15, -0.1) is 0 Å². The molecule has 114 valence electrons. The third-order valence-electron chi connectivity index (χ3n) is 3.22. The van der Waals surface area contributed by atoms with Crippen LogP contribution >= 0.6 is 0 Å². The van der Waals surface area contributed by atoms with E-state index in [1.165, 1.54) is 6.92 Å². The fourth-order valence-electron chi connectivity index (χ4n) is 2.11. The van der Waals surface area contributed by atoms with Crippen molar-refractivity contribution in [1.82, 2.24) is 0 Å². The van der Waals surface area contributed by atoms with Crippen LogP contribution in [0.1, 0.15) is 18.1 Å². The van der Waals surface area contributed by atoms with Crippen LogP contribution in [0.3, 0.4) is 0 Å². The van der Waals surface area contributed by atoms with Crippen molar-refractivity contribution in [3.8, 4) is 5.75 Å². The lowest BCUT2D eigenvalue weighted by Crippen LogP contribution is -2.38. The van der Waals surface area contributed by atoms with Crippen LogP contribution < -0.4 is 10.1 Å². The molecule has 0 saturated carbocycles. The first-order valence-electron chi connectivity index (χ1n) is 7.07. The molecule has 1 unspecified atom stereocenters. The van der Waals surface area contributed by atoms with E-state index >= 15 is 0 Å². The summed E-state index contributed by atoms with van der Waals surface area (Å²) in [6, 6.07) is 14.6. The Morgan fingerprint density at radius 3 is 2.32 bits per heavy atom. The summed E-state index contributed by atoms with van der Waals surface area (Å²) < 4.78 is 5.63. The molecule has 2 aromatic rings. The lowest BCUT2D eigenvalue weighted by Gasteiger charge is -2.18. The number of aryl methyl sites for hydroxylation is 2. The van der Waals surface area contributed by atoms with Crippen molar-refractivity contribution in [2.75, 3.05) is 5.32 Å². The van der Waals surface area contributed by atoms with Gasteiger partial charge in [0.25, 0.3) is 5.91 Å². The Morgan fingerprint density at radius 1 is 1.05 bits per heavy atom. The second-order valence-corrected chi connectivity index (χ2v) is 5.23. The largest absolute Gasteiger partial charge is 0.472 e. The number of carbonyl (C=O) groups excluding carboxylic acids is 2. The van der Waals surface area contributed by atoms with Crippen LogP contribution in [0.2, 0.25) is 0 Å². The molecular formula is C18H19NO3. The zero-order valence-electron chi connectivity index (χ0n) is 12.9. The number of para-hydroxylation sites is 1. The molecule has 0 aliphatic carbocycles. The van der Waals surface area contributed by atoms with Gasteiger partial charge in [-0.25, -0.2) is 0 Å². The van der Waals surface area contributed by atoms with Crippen molar-refractivity contribution < 1.29 is 14.3 Å². The van der Waals surface area contributed by atoms with E-state index in [0.29, 0.717) is 11.4 Å². The van der Waals surface area contributed by atoms with E-state index in [0.717, 1.165) is 11.1 Å². The molecule has 2 rings (SSSR count). The number of nitrogens with one attached hydrogen (secondary N) is 1. The first kappa shape index (κ1) is 15.8. The summed E-state index contributed by atoms with van der Waals surface area (Å²) in [6.45, 7) is 5.20. The molecule has 0 radical (unpaired) electrons. The van der Waals surface area contributed by atoms with Crippen molar-refractivity contribution in [3.05, 3.63) is 59.7 Å². The first-order valence-corrected chi connectivity index (χ1v) is 7.07. The third-order valence-corrected chi connectivity index (χ3v) is 3.22. The summed E-state index contributed by atoms with van der Waals surface area (Å²) in [7, 11) is 0. The number of ketones is 1. The van der Waals surface area contributed by atoms with Crippen LogP contribution in [0.5, 0.6) is 5.75 Å². The lowest BCUT2D eigenvalue weighted by molar-refractivity contribution is -0.133. The summed E-state index contributed by atoms with van der Waals surface area (Å²) in [5.74, 6) is -0.277. The molecule has 0 aliphatic rings. The fraction of sp³-hybridized carbons (Fsp3) is 0.222. The normalized spacial score (nSPS) is 11.6. The average Bonchev–Trinajstić information content (AvgIpc) is 2.47. The number of hydrogen-bond donors (Lipinski definition) is 1. The summed E-state index contributed by atoms with van der Waals surface area (Å²) >= 11 is 0. The Hall–Kier alpha value is -2.62. The topological polar surface area (TPSA) is 55.4 Å². The van der Waals surface area contributed by atoms with E-state index in [4.69, 9.17) is 4.74 Å². The Kier molecular flexibility index (Phi) is 4.94. The monoisotopic (exact) mass is 297 g/mol. The summed E-state index contributed by atoms with van der Waals surface area (Å²) in [5.41, 5.74) is 2.61. The molecule has 0 heterocycles. The number of Topliss-reactive ketones (excluding diaryl/α,β-unsaturated/α-hetero) is 1. The SMILES string of the molecule is CC(=O)C(Oc1ccc(C)cc1C)C(=O)Nc1ccccc1. The molecule has 0 saturated heterocycles. The van der Waals surface area contributed by atoms with Gasteiger partial charge in [-0.1, -0.05) is 35.9 Å². The number of ether oxygens (including phenoxy) is 1. The van der Waals surface area contributed by atoms with Gasteiger partial charge in [0.15, 0.2) is 5.78 Å². The summed E-state index contributed by atoms with van der Waals surface area (Å²) in [6.07, 6.45) is -1.17. The van der Waals surface area contributed by atoms with E-state index in [1.807, 2.05) is 44.2 Å². The molecular weight excluding hydrogens is 278 g/mol. The highest BCUT2D eigenvalue weighted by molar-refractivity contribution is 6.09. The highest BCUT2D eigenvalue weighted by atomic mass is 16.5. The third kappa shape index (κ3) is 3.95. The van der Waals surface area contributed by atoms with Crippen LogP contribution in [0.15, 0.2) is 48.5 Å². The van der Waals surface area contributed by atoms with Crippen molar-refractivity contribution in [2.45, 2.75) is 26.9 Å². The quantitative estimate of drug-likeness (QED) is 0.862.